The van der Waals surface area contributed by atoms with Gasteiger partial charge >= 0.3 is 0 Å². The molecule has 4 nitrogen and oxygen atoms in total. The number of aryl methyl sites for hydroxylation is 4. The van der Waals surface area contributed by atoms with E-state index >= 15 is 0 Å². The van der Waals surface area contributed by atoms with E-state index in [9.17, 15) is 4.79 Å². The molecular formula is C24H24N2O2S. The summed E-state index contributed by atoms with van der Waals surface area (Å²) >= 11 is 1.57. The molecule has 4 aromatic rings. The highest BCUT2D eigenvalue weighted by Crippen LogP contribution is 2.36. The van der Waals surface area contributed by atoms with Crippen molar-refractivity contribution >= 4 is 21.6 Å². The average molecular weight is 405 g/mol. The first-order chi connectivity index (χ1) is 13.9. The zero-order valence-corrected chi connectivity index (χ0v) is 18.0. The monoisotopic (exact) mass is 404 g/mol. The standard InChI is InChI=1S/C24H24N2O2S/c1-15-5-9-20(10-6-15)28-12-11-26-14-25-23-22(24(26)27)21(18(4)29-23)19-8-7-16(2)17(3)13-19/h5-10,13-14H,11-12H2,1-4H3. The Morgan fingerprint density at radius 1 is 1.00 bits per heavy atom. The van der Waals surface area contributed by atoms with E-state index in [-0.39, 0.29) is 5.56 Å². The van der Waals surface area contributed by atoms with Crippen LogP contribution in [0, 0.1) is 27.7 Å². The van der Waals surface area contributed by atoms with Crippen LogP contribution in [0.15, 0.2) is 53.6 Å². The zero-order valence-electron chi connectivity index (χ0n) is 17.2. The van der Waals surface area contributed by atoms with Gasteiger partial charge in [0.1, 0.15) is 17.2 Å². The summed E-state index contributed by atoms with van der Waals surface area (Å²) in [5.41, 5.74) is 5.71. The number of aromatic nitrogens is 2. The lowest BCUT2D eigenvalue weighted by Gasteiger charge is -2.09. The third kappa shape index (κ3) is 3.83. The van der Waals surface area contributed by atoms with Crippen LogP contribution < -0.4 is 10.3 Å². The van der Waals surface area contributed by atoms with Gasteiger partial charge in [-0.25, -0.2) is 4.98 Å². The molecule has 0 fully saturated rings. The van der Waals surface area contributed by atoms with Gasteiger partial charge in [-0.15, -0.1) is 11.3 Å². The molecule has 0 amide bonds. The summed E-state index contributed by atoms with van der Waals surface area (Å²) in [5.74, 6) is 0.805. The highest BCUT2D eigenvalue weighted by Gasteiger charge is 2.17. The Balaban J connectivity index is 1.66. The summed E-state index contributed by atoms with van der Waals surface area (Å²) < 4.78 is 7.44. The molecule has 0 aliphatic rings. The number of thiophene rings is 1. The van der Waals surface area contributed by atoms with E-state index in [0.717, 1.165) is 26.6 Å². The molecule has 4 rings (SSSR count). The Morgan fingerprint density at radius 2 is 1.76 bits per heavy atom. The molecule has 29 heavy (non-hydrogen) atoms. The lowest BCUT2D eigenvalue weighted by molar-refractivity contribution is 0.296. The van der Waals surface area contributed by atoms with Crippen molar-refractivity contribution in [3.63, 3.8) is 0 Å². The van der Waals surface area contributed by atoms with Gasteiger partial charge in [-0.05, 0) is 56.5 Å². The first-order valence-electron chi connectivity index (χ1n) is 9.69. The lowest BCUT2D eigenvalue weighted by atomic mass is 9.99. The second kappa shape index (κ2) is 7.84. The summed E-state index contributed by atoms with van der Waals surface area (Å²) in [7, 11) is 0. The fourth-order valence-corrected chi connectivity index (χ4v) is 4.44. The highest BCUT2D eigenvalue weighted by molar-refractivity contribution is 7.19. The van der Waals surface area contributed by atoms with Gasteiger partial charge < -0.3 is 4.74 Å². The van der Waals surface area contributed by atoms with Crippen LogP contribution >= 0.6 is 11.3 Å². The van der Waals surface area contributed by atoms with Crippen molar-refractivity contribution in [3.8, 4) is 16.9 Å². The Kier molecular flexibility index (Phi) is 5.24. The third-order valence-corrected chi connectivity index (χ3v) is 6.29. The zero-order chi connectivity index (χ0) is 20.5. The Labute approximate surface area is 174 Å². The van der Waals surface area contributed by atoms with Gasteiger partial charge in [0.05, 0.1) is 18.3 Å². The molecule has 0 N–H and O–H groups in total. The predicted octanol–water partition coefficient (Wildman–Crippen LogP) is 5.44. The fraction of sp³-hybridized carbons (Fsp3) is 0.250. The van der Waals surface area contributed by atoms with Gasteiger partial charge in [-0.1, -0.05) is 35.9 Å². The van der Waals surface area contributed by atoms with Gasteiger partial charge in [0.25, 0.3) is 5.56 Å². The molecule has 0 spiro atoms. The number of nitrogens with zero attached hydrogens (tertiary/aromatic N) is 2. The van der Waals surface area contributed by atoms with Crippen LogP contribution in [0.1, 0.15) is 21.6 Å². The molecule has 0 unspecified atom stereocenters. The van der Waals surface area contributed by atoms with Gasteiger partial charge in [-0.2, -0.15) is 0 Å². The molecule has 0 atom stereocenters. The van der Waals surface area contributed by atoms with Gasteiger partial charge in [0, 0.05) is 10.4 Å². The van der Waals surface area contributed by atoms with Crippen LogP contribution in [0.4, 0.5) is 0 Å². The largest absolute Gasteiger partial charge is 0.492 e. The molecule has 2 aromatic carbocycles. The van der Waals surface area contributed by atoms with E-state index in [0.29, 0.717) is 18.5 Å². The van der Waals surface area contributed by atoms with Crippen LogP contribution in [0.25, 0.3) is 21.3 Å². The van der Waals surface area contributed by atoms with Crippen molar-refractivity contribution in [3.05, 3.63) is 80.7 Å². The minimum atomic E-state index is -0.0138. The second-order valence-corrected chi connectivity index (χ2v) is 8.62. The van der Waals surface area contributed by atoms with Gasteiger partial charge in [0.15, 0.2) is 0 Å². The van der Waals surface area contributed by atoms with Gasteiger partial charge in [0.2, 0.25) is 0 Å². The van der Waals surface area contributed by atoms with E-state index < -0.39 is 0 Å². The Morgan fingerprint density at radius 3 is 2.48 bits per heavy atom. The first kappa shape index (κ1) is 19.4. The molecule has 0 aliphatic carbocycles. The molecule has 5 heteroatoms. The van der Waals surface area contributed by atoms with E-state index in [1.165, 1.54) is 16.7 Å². The SMILES string of the molecule is Cc1ccc(OCCn2cnc3sc(C)c(-c4ccc(C)c(C)c4)c3c2=O)cc1. The molecule has 0 aliphatic heterocycles. The summed E-state index contributed by atoms with van der Waals surface area (Å²) in [6, 6.07) is 14.3. The molecular weight excluding hydrogens is 380 g/mol. The molecule has 0 saturated heterocycles. The first-order valence-corrected chi connectivity index (χ1v) is 10.5. The van der Waals surface area contributed by atoms with Crippen molar-refractivity contribution in [2.24, 2.45) is 0 Å². The van der Waals surface area contributed by atoms with Crippen LogP contribution in [-0.4, -0.2) is 16.2 Å². The highest BCUT2D eigenvalue weighted by atomic mass is 32.1. The van der Waals surface area contributed by atoms with Crippen LogP contribution in [-0.2, 0) is 6.54 Å². The molecule has 0 saturated carbocycles. The van der Waals surface area contributed by atoms with E-state index in [1.54, 1.807) is 22.2 Å². The van der Waals surface area contributed by atoms with Crippen molar-refractivity contribution in [2.75, 3.05) is 6.61 Å². The number of hydrogen-bond donors (Lipinski definition) is 0. The maximum absolute atomic E-state index is 13.2. The number of benzene rings is 2. The second-order valence-electron chi connectivity index (χ2n) is 7.42. The maximum atomic E-state index is 13.2. The topological polar surface area (TPSA) is 44.1 Å². The maximum Gasteiger partial charge on any atom is 0.262 e. The Hall–Kier alpha value is -2.92. The molecule has 2 aromatic heterocycles. The normalized spacial score (nSPS) is 11.2. The fourth-order valence-electron chi connectivity index (χ4n) is 3.44. The van der Waals surface area contributed by atoms with Crippen LogP contribution in [0.3, 0.4) is 0 Å². The Bertz CT molecular complexity index is 1240. The van der Waals surface area contributed by atoms with Crippen molar-refractivity contribution in [2.45, 2.75) is 34.2 Å². The predicted molar refractivity (Wildman–Crippen MR) is 120 cm³/mol. The van der Waals surface area contributed by atoms with Crippen molar-refractivity contribution < 1.29 is 4.74 Å². The molecule has 0 radical (unpaired) electrons. The summed E-state index contributed by atoms with van der Waals surface area (Å²) in [4.78, 5) is 19.7. The number of hydrogen-bond acceptors (Lipinski definition) is 4. The molecule has 2 heterocycles. The van der Waals surface area contributed by atoms with Gasteiger partial charge in [-0.3, -0.25) is 9.36 Å². The minimum absolute atomic E-state index is 0.0138. The van der Waals surface area contributed by atoms with Crippen LogP contribution in [0.5, 0.6) is 5.75 Å². The minimum Gasteiger partial charge on any atom is -0.492 e. The van der Waals surface area contributed by atoms with Crippen LogP contribution in [0.2, 0.25) is 0 Å². The summed E-state index contributed by atoms with van der Waals surface area (Å²) in [6.07, 6.45) is 1.63. The lowest BCUT2D eigenvalue weighted by Crippen LogP contribution is -2.23. The summed E-state index contributed by atoms with van der Waals surface area (Å²) in [6.45, 7) is 9.17. The van der Waals surface area contributed by atoms with E-state index in [2.05, 4.69) is 44.0 Å². The molecule has 148 valence electrons. The number of rotatable bonds is 5. The average Bonchev–Trinajstić information content (AvgIpc) is 3.04. The van der Waals surface area contributed by atoms with Crippen molar-refractivity contribution in [1.29, 1.82) is 0 Å². The number of ether oxygens (including phenoxy) is 1. The third-order valence-electron chi connectivity index (χ3n) is 5.27. The smallest absolute Gasteiger partial charge is 0.262 e. The summed E-state index contributed by atoms with van der Waals surface area (Å²) in [5, 5.41) is 0.702. The number of fused-ring (bicyclic) bond motifs is 1. The van der Waals surface area contributed by atoms with E-state index in [1.807, 2.05) is 31.2 Å². The quantitative estimate of drug-likeness (QED) is 0.445. The molecule has 0 bridgehead atoms. The van der Waals surface area contributed by atoms with Crippen molar-refractivity contribution in [1.82, 2.24) is 9.55 Å². The van der Waals surface area contributed by atoms with E-state index in [4.69, 9.17) is 4.74 Å².